The van der Waals surface area contributed by atoms with E-state index in [2.05, 4.69) is 32.0 Å². The van der Waals surface area contributed by atoms with Gasteiger partial charge in [0.15, 0.2) is 0 Å². The second kappa shape index (κ2) is 9.98. The maximum Gasteiger partial charge on any atom is 0.302 e. The Hall–Kier alpha value is -2.26. The van der Waals surface area contributed by atoms with E-state index in [1.54, 1.807) is 0 Å². The topological polar surface area (TPSA) is 35.5 Å². The van der Waals surface area contributed by atoms with Crippen molar-refractivity contribution >= 4 is 23.1 Å². The van der Waals surface area contributed by atoms with E-state index in [-0.39, 0.29) is 5.97 Å². The van der Waals surface area contributed by atoms with E-state index in [1.165, 1.54) is 23.6 Å². The molecule has 0 saturated carbocycles. The van der Waals surface area contributed by atoms with Crippen molar-refractivity contribution in [3.8, 4) is 5.75 Å². The first-order chi connectivity index (χ1) is 14.0. The summed E-state index contributed by atoms with van der Waals surface area (Å²) in [6, 6.07) is 12.4. The van der Waals surface area contributed by atoms with Crippen LogP contribution in [0.25, 0.3) is 5.57 Å². The van der Waals surface area contributed by atoms with Gasteiger partial charge in [0.05, 0.1) is 6.61 Å². The summed E-state index contributed by atoms with van der Waals surface area (Å²) in [4.78, 5) is 11.1. The maximum atomic E-state index is 11.1. The molecular formula is C25H29ClO3. The molecule has 0 aliphatic carbocycles. The van der Waals surface area contributed by atoms with Crippen LogP contribution in [0.1, 0.15) is 68.7 Å². The number of hydrogen-bond donors (Lipinski definition) is 0. The SMILES string of the molecule is CCCC(CCC)=C1c2ccc(Cl)cc2COc2ccc(CCOC(C)=O)cc21. The van der Waals surface area contributed by atoms with Crippen LogP contribution >= 0.6 is 11.6 Å². The molecule has 0 unspecified atom stereocenters. The van der Waals surface area contributed by atoms with Gasteiger partial charge >= 0.3 is 5.97 Å². The molecule has 0 radical (unpaired) electrons. The molecule has 0 amide bonds. The number of benzene rings is 2. The van der Waals surface area contributed by atoms with Gasteiger partial charge in [-0.3, -0.25) is 4.79 Å². The van der Waals surface area contributed by atoms with Crippen LogP contribution < -0.4 is 4.74 Å². The van der Waals surface area contributed by atoms with Gasteiger partial charge in [0.25, 0.3) is 0 Å². The van der Waals surface area contributed by atoms with E-state index in [1.807, 2.05) is 18.2 Å². The van der Waals surface area contributed by atoms with Crippen molar-refractivity contribution in [3.05, 3.63) is 69.2 Å². The van der Waals surface area contributed by atoms with Crippen LogP contribution in [0.15, 0.2) is 42.0 Å². The third-order valence-corrected chi connectivity index (χ3v) is 5.42. The molecule has 3 nitrogen and oxygen atoms in total. The van der Waals surface area contributed by atoms with Crippen molar-refractivity contribution < 1.29 is 14.3 Å². The molecule has 2 aromatic rings. The van der Waals surface area contributed by atoms with Gasteiger partial charge in [0, 0.05) is 23.9 Å². The lowest BCUT2D eigenvalue weighted by atomic mass is 9.86. The van der Waals surface area contributed by atoms with Crippen LogP contribution in [0.3, 0.4) is 0 Å². The lowest BCUT2D eigenvalue weighted by Crippen LogP contribution is -2.04. The zero-order valence-corrected chi connectivity index (χ0v) is 18.3. The van der Waals surface area contributed by atoms with Crippen molar-refractivity contribution in [1.82, 2.24) is 0 Å². The van der Waals surface area contributed by atoms with Crippen LogP contribution in [0, 0.1) is 0 Å². The molecule has 1 heterocycles. The predicted molar refractivity (Wildman–Crippen MR) is 118 cm³/mol. The number of halogens is 1. The van der Waals surface area contributed by atoms with Gasteiger partial charge in [-0.2, -0.15) is 0 Å². The first-order valence-electron chi connectivity index (χ1n) is 10.4. The minimum absolute atomic E-state index is 0.248. The average Bonchev–Trinajstić information content (AvgIpc) is 2.84. The van der Waals surface area contributed by atoms with Crippen molar-refractivity contribution in [3.63, 3.8) is 0 Å². The molecule has 0 spiro atoms. The zero-order chi connectivity index (χ0) is 20.8. The molecule has 0 saturated heterocycles. The molecule has 3 rings (SSSR count). The smallest absolute Gasteiger partial charge is 0.302 e. The summed E-state index contributed by atoms with van der Waals surface area (Å²) in [6.07, 6.45) is 5.00. The highest BCUT2D eigenvalue weighted by Crippen LogP contribution is 2.41. The van der Waals surface area contributed by atoms with E-state index in [0.29, 0.717) is 19.6 Å². The number of carbonyl (C=O) groups is 1. The predicted octanol–water partition coefficient (Wildman–Crippen LogP) is 6.74. The Balaban J connectivity index is 2.13. The van der Waals surface area contributed by atoms with Crippen LogP contribution in [-0.4, -0.2) is 12.6 Å². The zero-order valence-electron chi connectivity index (χ0n) is 17.5. The summed E-state index contributed by atoms with van der Waals surface area (Å²) >= 11 is 6.29. The second-order valence-electron chi connectivity index (χ2n) is 7.49. The Morgan fingerprint density at radius 2 is 1.83 bits per heavy atom. The fraction of sp³-hybridized carbons (Fsp3) is 0.400. The molecule has 0 atom stereocenters. The van der Waals surface area contributed by atoms with Crippen LogP contribution in [-0.2, 0) is 22.6 Å². The Bertz CT molecular complexity index is 906. The monoisotopic (exact) mass is 412 g/mol. The van der Waals surface area contributed by atoms with Crippen LogP contribution in [0.2, 0.25) is 5.02 Å². The molecular weight excluding hydrogens is 384 g/mol. The van der Waals surface area contributed by atoms with E-state index >= 15 is 0 Å². The molecule has 154 valence electrons. The summed E-state index contributed by atoms with van der Waals surface area (Å²) in [6.45, 7) is 6.78. The molecule has 1 aliphatic rings. The minimum Gasteiger partial charge on any atom is -0.488 e. The summed E-state index contributed by atoms with van der Waals surface area (Å²) < 4.78 is 11.3. The normalized spacial score (nSPS) is 12.5. The summed E-state index contributed by atoms with van der Waals surface area (Å²) in [7, 11) is 0. The number of rotatable bonds is 7. The minimum atomic E-state index is -0.248. The Kier molecular flexibility index (Phi) is 7.38. The van der Waals surface area contributed by atoms with Crippen molar-refractivity contribution in [1.29, 1.82) is 0 Å². The Morgan fingerprint density at radius 3 is 2.52 bits per heavy atom. The Labute approximate surface area is 178 Å². The molecule has 0 aromatic heterocycles. The number of carbonyl (C=O) groups excluding carboxylic acids is 1. The molecule has 29 heavy (non-hydrogen) atoms. The average molecular weight is 413 g/mol. The Morgan fingerprint density at radius 1 is 1.07 bits per heavy atom. The maximum absolute atomic E-state index is 11.1. The number of fused-ring (bicyclic) bond motifs is 2. The third kappa shape index (κ3) is 5.22. The summed E-state index contributed by atoms with van der Waals surface area (Å²) in [5.41, 5.74) is 7.33. The van der Waals surface area contributed by atoms with Crippen molar-refractivity contribution in [2.24, 2.45) is 0 Å². The van der Waals surface area contributed by atoms with Gasteiger partial charge in [0.2, 0.25) is 0 Å². The van der Waals surface area contributed by atoms with Crippen molar-refractivity contribution in [2.75, 3.05) is 6.61 Å². The third-order valence-electron chi connectivity index (χ3n) is 5.19. The van der Waals surface area contributed by atoms with E-state index in [9.17, 15) is 4.79 Å². The van der Waals surface area contributed by atoms with Gasteiger partial charge in [-0.05, 0) is 59.4 Å². The highest BCUT2D eigenvalue weighted by atomic mass is 35.5. The fourth-order valence-electron chi connectivity index (χ4n) is 3.95. The largest absolute Gasteiger partial charge is 0.488 e. The van der Waals surface area contributed by atoms with Gasteiger partial charge in [-0.25, -0.2) is 0 Å². The number of hydrogen-bond acceptors (Lipinski definition) is 3. The highest BCUT2D eigenvalue weighted by Gasteiger charge is 2.22. The second-order valence-corrected chi connectivity index (χ2v) is 7.93. The quantitative estimate of drug-likeness (QED) is 0.472. The van der Waals surface area contributed by atoms with Crippen molar-refractivity contribution in [2.45, 2.75) is 59.5 Å². The van der Waals surface area contributed by atoms with Gasteiger partial charge in [-0.1, -0.05) is 56.0 Å². The molecule has 1 aliphatic heterocycles. The fourth-order valence-corrected chi connectivity index (χ4v) is 4.15. The number of allylic oxidation sites excluding steroid dienone is 1. The van der Waals surface area contributed by atoms with Gasteiger partial charge < -0.3 is 9.47 Å². The van der Waals surface area contributed by atoms with E-state index in [0.717, 1.165) is 53.1 Å². The molecule has 4 heteroatoms. The molecule has 0 fully saturated rings. The lowest BCUT2D eigenvalue weighted by Gasteiger charge is -2.18. The first kappa shape index (κ1) is 21.4. The first-order valence-corrected chi connectivity index (χ1v) is 10.8. The molecule has 0 N–H and O–H groups in total. The van der Waals surface area contributed by atoms with E-state index in [4.69, 9.17) is 21.1 Å². The number of ether oxygens (including phenoxy) is 2. The summed E-state index contributed by atoms with van der Waals surface area (Å²) in [5.74, 6) is 0.649. The lowest BCUT2D eigenvalue weighted by molar-refractivity contribution is -0.140. The van der Waals surface area contributed by atoms with Gasteiger partial charge in [-0.15, -0.1) is 0 Å². The standard InChI is InChI=1S/C25H29ClO3/c1-4-6-19(7-5-2)25-22-10-9-21(26)15-20(22)16-29-24-11-8-18(14-23(24)25)12-13-28-17(3)27/h8-11,14-15H,4-7,12-13,16H2,1-3H3. The highest BCUT2D eigenvalue weighted by molar-refractivity contribution is 6.30. The summed E-state index contributed by atoms with van der Waals surface area (Å²) in [5, 5.41) is 0.729. The van der Waals surface area contributed by atoms with E-state index < -0.39 is 0 Å². The van der Waals surface area contributed by atoms with Crippen LogP contribution in [0.5, 0.6) is 5.75 Å². The number of esters is 1. The van der Waals surface area contributed by atoms with Crippen LogP contribution in [0.4, 0.5) is 0 Å². The molecule has 2 aromatic carbocycles. The van der Waals surface area contributed by atoms with Gasteiger partial charge in [0.1, 0.15) is 12.4 Å². The molecule has 0 bridgehead atoms.